The molecule has 0 unspecified atom stereocenters. The van der Waals surface area contributed by atoms with Crippen LogP contribution in [0.3, 0.4) is 0 Å². The van der Waals surface area contributed by atoms with E-state index >= 15 is 0 Å². The van der Waals surface area contributed by atoms with Gasteiger partial charge in [-0.15, -0.1) is 0 Å². The van der Waals surface area contributed by atoms with Crippen LogP contribution in [0, 0.1) is 12.8 Å². The van der Waals surface area contributed by atoms with E-state index in [2.05, 4.69) is 27.1 Å². The van der Waals surface area contributed by atoms with Gasteiger partial charge in [0.1, 0.15) is 17.5 Å². The Bertz CT molecular complexity index is 535. The normalized spacial score (nSPS) is 18.5. The number of nitrogens with one attached hydrogen (secondary N) is 1. The molecule has 2 heterocycles. The Hall–Kier alpha value is -1.85. The molecule has 6 heteroatoms. The lowest BCUT2D eigenvalue weighted by atomic mass is 10.2. The molecule has 2 aliphatic rings. The molecule has 1 aliphatic heterocycles. The van der Waals surface area contributed by atoms with Gasteiger partial charge < -0.3 is 15.1 Å². The number of hydrogen-bond acceptors (Lipinski definition) is 5. The number of piperazine rings is 1. The molecular weight excluding hydrogens is 278 g/mol. The first-order chi connectivity index (χ1) is 10.7. The number of carbonyl (C=O) groups excluding carboxylic acids is 1. The van der Waals surface area contributed by atoms with Crippen molar-refractivity contribution in [3.63, 3.8) is 0 Å². The first-order valence-corrected chi connectivity index (χ1v) is 8.28. The molecule has 0 bridgehead atoms. The number of nitrogens with zero attached hydrogens (tertiary/aromatic N) is 4. The molecule has 22 heavy (non-hydrogen) atoms. The molecule has 1 saturated heterocycles. The van der Waals surface area contributed by atoms with Gasteiger partial charge in [-0.3, -0.25) is 4.79 Å². The third-order valence-electron chi connectivity index (χ3n) is 4.30. The number of aryl methyl sites for hydroxylation is 1. The standard InChI is InChI=1S/C16H25N5O/c1-3-17-14-11-15(19-12(2)18-14)20-6-8-21(9-7-20)16(22)10-13-4-5-13/h11,13H,3-10H2,1-2H3,(H,17,18,19). The first-order valence-electron chi connectivity index (χ1n) is 8.28. The zero-order valence-corrected chi connectivity index (χ0v) is 13.5. The van der Waals surface area contributed by atoms with Gasteiger partial charge >= 0.3 is 0 Å². The lowest BCUT2D eigenvalue weighted by molar-refractivity contribution is -0.131. The minimum absolute atomic E-state index is 0.328. The van der Waals surface area contributed by atoms with Crippen LogP contribution in [0.2, 0.25) is 0 Å². The van der Waals surface area contributed by atoms with Crippen molar-refractivity contribution in [2.24, 2.45) is 5.92 Å². The Morgan fingerprint density at radius 2 is 2.00 bits per heavy atom. The fourth-order valence-electron chi connectivity index (χ4n) is 2.87. The van der Waals surface area contributed by atoms with Crippen LogP contribution in [-0.4, -0.2) is 53.5 Å². The summed E-state index contributed by atoms with van der Waals surface area (Å²) < 4.78 is 0. The maximum atomic E-state index is 12.2. The Balaban J connectivity index is 1.59. The smallest absolute Gasteiger partial charge is 0.222 e. The monoisotopic (exact) mass is 303 g/mol. The molecule has 2 fully saturated rings. The van der Waals surface area contributed by atoms with Crippen molar-refractivity contribution >= 4 is 17.5 Å². The number of amides is 1. The van der Waals surface area contributed by atoms with E-state index in [0.717, 1.165) is 56.6 Å². The Morgan fingerprint density at radius 1 is 1.27 bits per heavy atom. The molecule has 1 aromatic heterocycles. The molecule has 0 spiro atoms. The molecule has 1 aromatic rings. The van der Waals surface area contributed by atoms with Crippen molar-refractivity contribution in [2.45, 2.75) is 33.1 Å². The third-order valence-corrected chi connectivity index (χ3v) is 4.30. The van der Waals surface area contributed by atoms with Crippen molar-refractivity contribution in [1.29, 1.82) is 0 Å². The summed E-state index contributed by atoms with van der Waals surface area (Å²) >= 11 is 0. The van der Waals surface area contributed by atoms with E-state index in [1.807, 2.05) is 17.9 Å². The molecule has 1 N–H and O–H groups in total. The molecular formula is C16H25N5O. The highest BCUT2D eigenvalue weighted by atomic mass is 16.2. The highest BCUT2D eigenvalue weighted by Gasteiger charge is 2.28. The molecule has 1 saturated carbocycles. The lowest BCUT2D eigenvalue weighted by Crippen LogP contribution is -2.49. The van der Waals surface area contributed by atoms with E-state index in [-0.39, 0.29) is 0 Å². The van der Waals surface area contributed by atoms with Crippen LogP contribution in [-0.2, 0) is 4.79 Å². The summed E-state index contributed by atoms with van der Waals surface area (Å²) in [5.74, 6) is 3.60. The number of carbonyl (C=O) groups is 1. The Labute approximate surface area is 131 Å². The fourth-order valence-corrected chi connectivity index (χ4v) is 2.87. The maximum absolute atomic E-state index is 12.2. The summed E-state index contributed by atoms with van der Waals surface area (Å²) in [6.07, 6.45) is 3.22. The van der Waals surface area contributed by atoms with Crippen molar-refractivity contribution in [1.82, 2.24) is 14.9 Å². The van der Waals surface area contributed by atoms with Crippen LogP contribution in [0.15, 0.2) is 6.07 Å². The number of anilines is 2. The van der Waals surface area contributed by atoms with Crippen molar-refractivity contribution in [2.75, 3.05) is 42.9 Å². The third kappa shape index (κ3) is 3.67. The van der Waals surface area contributed by atoms with Gasteiger partial charge in [0, 0.05) is 45.2 Å². The van der Waals surface area contributed by atoms with Gasteiger partial charge in [0.2, 0.25) is 5.91 Å². The largest absolute Gasteiger partial charge is 0.370 e. The minimum Gasteiger partial charge on any atom is -0.370 e. The molecule has 0 atom stereocenters. The van der Waals surface area contributed by atoms with Gasteiger partial charge in [0.05, 0.1) is 0 Å². The van der Waals surface area contributed by atoms with Crippen LogP contribution in [0.1, 0.15) is 32.0 Å². The fraction of sp³-hybridized carbons (Fsp3) is 0.688. The molecule has 6 nitrogen and oxygen atoms in total. The molecule has 1 aliphatic carbocycles. The van der Waals surface area contributed by atoms with Crippen LogP contribution >= 0.6 is 0 Å². The van der Waals surface area contributed by atoms with Crippen LogP contribution in [0.4, 0.5) is 11.6 Å². The second kappa shape index (κ2) is 6.50. The van der Waals surface area contributed by atoms with Gasteiger partial charge in [-0.05, 0) is 32.6 Å². The maximum Gasteiger partial charge on any atom is 0.222 e. The van der Waals surface area contributed by atoms with E-state index in [1.165, 1.54) is 12.8 Å². The molecule has 3 rings (SSSR count). The van der Waals surface area contributed by atoms with Gasteiger partial charge in [-0.1, -0.05) is 0 Å². The van der Waals surface area contributed by atoms with E-state index in [1.54, 1.807) is 0 Å². The van der Waals surface area contributed by atoms with Crippen molar-refractivity contribution in [3.8, 4) is 0 Å². The summed E-state index contributed by atoms with van der Waals surface area (Å²) in [5, 5.41) is 3.24. The second-order valence-electron chi connectivity index (χ2n) is 6.20. The summed E-state index contributed by atoms with van der Waals surface area (Å²) in [6, 6.07) is 2.00. The number of hydrogen-bond donors (Lipinski definition) is 1. The highest BCUT2D eigenvalue weighted by molar-refractivity contribution is 5.77. The minimum atomic E-state index is 0.328. The topological polar surface area (TPSA) is 61.4 Å². The zero-order valence-electron chi connectivity index (χ0n) is 13.5. The van der Waals surface area contributed by atoms with Gasteiger partial charge in [-0.2, -0.15) is 0 Å². The van der Waals surface area contributed by atoms with Crippen LogP contribution < -0.4 is 10.2 Å². The predicted octanol–water partition coefficient (Wildman–Crippen LogP) is 1.67. The summed E-state index contributed by atoms with van der Waals surface area (Å²) in [4.78, 5) is 25.3. The summed E-state index contributed by atoms with van der Waals surface area (Å²) in [5.41, 5.74) is 0. The van der Waals surface area contributed by atoms with Crippen molar-refractivity contribution in [3.05, 3.63) is 11.9 Å². The summed E-state index contributed by atoms with van der Waals surface area (Å²) in [7, 11) is 0. The molecule has 0 aromatic carbocycles. The van der Waals surface area contributed by atoms with Gasteiger partial charge in [-0.25, -0.2) is 9.97 Å². The average molecular weight is 303 g/mol. The van der Waals surface area contributed by atoms with Gasteiger partial charge in [0.15, 0.2) is 0 Å². The van der Waals surface area contributed by atoms with E-state index < -0.39 is 0 Å². The SMILES string of the molecule is CCNc1cc(N2CCN(C(=O)CC3CC3)CC2)nc(C)n1. The van der Waals surface area contributed by atoms with Crippen molar-refractivity contribution < 1.29 is 4.79 Å². The van der Waals surface area contributed by atoms with Crippen LogP contribution in [0.5, 0.6) is 0 Å². The molecule has 1 amide bonds. The van der Waals surface area contributed by atoms with E-state index in [9.17, 15) is 4.79 Å². The quantitative estimate of drug-likeness (QED) is 0.896. The Morgan fingerprint density at radius 3 is 2.64 bits per heavy atom. The predicted molar refractivity (Wildman–Crippen MR) is 87.1 cm³/mol. The van der Waals surface area contributed by atoms with Crippen LogP contribution in [0.25, 0.3) is 0 Å². The second-order valence-corrected chi connectivity index (χ2v) is 6.20. The Kier molecular flexibility index (Phi) is 4.45. The molecule has 0 radical (unpaired) electrons. The van der Waals surface area contributed by atoms with E-state index in [0.29, 0.717) is 11.8 Å². The lowest BCUT2D eigenvalue weighted by Gasteiger charge is -2.35. The van der Waals surface area contributed by atoms with Gasteiger partial charge in [0.25, 0.3) is 0 Å². The number of rotatable bonds is 5. The average Bonchev–Trinajstić information content (AvgIpc) is 3.31. The summed E-state index contributed by atoms with van der Waals surface area (Å²) in [6.45, 7) is 8.10. The first kappa shape index (κ1) is 15.1. The molecule has 120 valence electrons. The number of aromatic nitrogens is 2. The van der Waals surface area contributed by atoms with E-state index in [4.69, 9.17) is 0 Å². The zero-order chi connectivity index (χ0) is 15.5. The highest BCUT2D eigenvalue weighted by Crippen LogP contribution is 2.33.